The van der Waals surface area contributed by atoms with Crippen LogP contribution in [0.3, 0.4) is 0 Å². The van der Waals surface area contributed by atoms with E-state index in [1.54, 1.807) is 7.11 Å². The molecule has 3 rings (SSSR count). The van der Waals surface area contributed by atoms with E-state index >= 15 is 0 Å². The summed E-state index contributed by atoms with van der Waals surface area (Å²) in [5.74, 6) is 0.852. The average Bonchev–Trinajstić information content (AvgIpc) is 2.75. The minimum atomic E-state index is 0.689. The zero-order chi connectivity index (χ0) is 14.1. The summed E-state index contributed by atoms with van der Waals surface area (Å²) in [4.78, 5) is 7.67. The SMILES string of the molecule is COc1ccc(Cn2c(=S)[nH]c3cc(C)cnc32)cc1. The summed E-state index contributed by atoms with van der Waals surface area (Å²) in [6.45, 7) is 2.71. The van der Waals surface area contributed by atoms with Crippen LogP contribution in [0.1, 0.15) is 11.1 Å². The topological polar surface area (TPSA) is 42.8 Å². The summed E-state index contributed by atoms with van der Waals surface area (Å²) in [7, 11) is 1.66. The minimum Gasteiger partial charge on any atom is -0.497 e. The van der Waals surface area contributed by atoms with Gasteiger partial charge >= 0.3 is 0 Å². The maximum absolute atomic E-state index is 5.39. The Morgan fingerprint density at radius 2 is 2.05 bits per heavy atom. The fraction of sp³-hybridized carbons (Fsp3) is 0.200. The van der Waals surface area contributed by atoms with Gasteiger partial charge in [0, 0.05) is 6.20 Å². The van der Waals surface area contributed by atoms with E-state index in [-0.39, 0.29) is 0 Å². The van der Waals surface area contributed by atoms with E-state index in [1.165, 1.54) is 0 Å². The smallest absolute Gasteiger partial charge is 0.179 e. The fourth-order valence-electron chi connectivity index (χ4n) is 2.21. The maximum Gasteiger partial charge on any atom is 0.179 e. The highest BCUT2D eigenvalue weighted by Gasteiger charge is 2.06. The van der Waals surface area contributed by atoms with E-state index < -0.39 is 0 Å². The molecule has 0 saturated carbocycles. The quantitative estimate of drug-likeness (QED) is 0.749. The molecule has 2 heterocycles. The van der Waals surface area contributed by atoms with Crippen molar-refractivity contribution < 1.29 is 4.74 Å². The van der Waals surface area contributed by atoms with Crippen LogP contribution in [-0.2, 0) is 6.54 Å². The number of rotatable bonds is 3. The molecule has 0 unspecified atom stereocenters. The molecule has 2 aromatic heterocycles. The van der Waals surface area contributed by atoms with E-state index in [2.05, 4.69) is 16.0 Å². The summed E-state index contributed by atoms with van der Waals surface area (Å²) < 4.78 is 7.86. The number of fused-ring (bicyclic) bond motifs is 1. The molecule has 0 bridgehead atoms. The number of nitrogens with one attached hydrogen (secondary N) is 1. The Bertz CT molecular complexity index is 802. The van der Waals surface area contributed by atoms with Gasteiger partial charge in [0.1, 0.15) is 5.75 Å². The van der Waals surface area contributed by atoms with Crippen molar-refractivity contribution in [3.63, 3.8) is 0 Å². The summed E-state index contributed by atoms with van der Waals surface area (Å²) in [6, 6.07) is 10.0. The average molecular weight is 285 g/mol. The number of aromatic amines is 1. The number of aromatic nitrogens is 3. The monoisotopic (exact) mass is 285 g/mol. The van der Waals surface area contributed by atoms with E-state index in [9.17, 15) is 0 Å². The van der Waals surface area contributed by atoms with Crippen LogP contribution in [0.5, 0.6) is 5.75 Å². The van der Waals surface area contributed by atoms with E-state index in [0.717, 1.165) is 28.0 Å². The lowest BCUT2D eigenvalue weighted by atomic mass is 10.2. The number of imidazole rings is 1. The molecule has 0 aliphatic rings. The summed E-state index contributed by atoms with van der Waals surface area (Å²) in [5, 5.41) is 0. The molecular formula is C15H15N3OS. The number of benzene rings is 1. The predicted octanol–water partition coefficient (Wildman–Crippen LogP) is 3.46. The first-order valence-corrected chi connectivity index (χ1v) is 6.76. The number of pyridine rings is 1. The van der Waals surface area contributed by atoms with Gasteiger partial charge in [-0.3, -0.25) is 4.57 Å². The summed E-state index contributed by atoms with van der Waals surface area (Å²) in [5.41, 5.74) is 4.13. The molecular weight excluding hydrogens is 270 g/mol. The van der Waals surface area contributed by atoms with Crippen molar-refractivity contribution in [2.45, 2.75) is 13.5 Å². The molecule has 3 aromatic rings. The molecule has 4 nitrogen and oxygen atoms in total. The lowest BCUT2D eigenvalue weighted by molar-refractivity contribution is 0.414. The first-order chi connectivity index (χ1) is 9.67. The molecule has 0 spiro atoms. The first-order valence-electron chi connectivity index (χ1n) is 6.35. The fourth-order valence-corrected chi connectivity index (χ4v) is 2.47. The molecule has 1 aromatic carbocycles. The molecule has 0 aliphatic heterocycles. The van der Waals surface area contributed by atoms with Crippen LogP contribution in [0, 0.1) is 11.7 Å². The number of ether oxygens (including phenoxy) is 1. The van der Waals surface area contributed by atoms with Crippen LogP contribution in [0.4, 0.5) is 0 Å². The second kappa shape index (κ2) is 5.09. The van der Waals surface area contributed by atoms with Crippen molar-refractivity contribution >= 4 is 23.4 Å². The molecule has 5 heteroatoms. The predicted molar refractivity (Wildman–Crippen MR) is 81.8 cm³/mol. The Hall–Kier alpha value is -2.14. The highest BCUT2D eigenvalue weighted by Crippen LogP contribution is 2.17. The molecule has 0 saturated heterocycles. The Balaban J connectivity index is 2.01. The van der Waals surface area contributed by atoms with Crippen molar-refractivity contribution in [1.29, 1.82) is 0 Å². The number of hydrogen-bond donors (Lipinski definition) is 1. The van der Waals surface area contributed by atoms with Crippen LogP contribution < -0.4 is 4.74 Å². The van der Waals surface area contributed by atoms with Gasteiger partial charge in [0.25, 0.3) is 0 Å². The number of methoxy groups -OCH3 is 1. The lowest BCUT2D eigenvalue weighted by Gasteiger charge is -2.05. The highest BCUT2D eigenvalue weighted by atomic mass is 32.1. The number of nitrogens with zero attached hydrogens (tertiary/aromatic N) is 2. The van der Waals surface area contributed by atoms with Crippen LogP contribution in [0.15, 0.2) is 36.5 Å². The zero-order valence-corrected chi connectivity index (χ0v) is 12.2. The molecule has 1 N–H and O–H groups in total. The van der Waals surface area contributed by atoms with Crippen LogP contribution in [-0.4, -0.2) is 21.6 Å². The van der Waals surface area contributed by atoms with Gasteiger partial charge in [-0.25, -0.2) is 4.98 Å². The van der Waals surface area contributed by atoms with Gasteiger partial charge in [0.05, 0.1) is 19.2 Å². The number of aryl methyl sites for hydroxylation is 1. The zero-order valence-electron chi connectivity index (χ0n) is 11.4. The molecule has 20 heavy (non-hydrogen) atoms. The third kappa shape index (κ3) is 2.32. The summed E-state index contributed by atoms with van der Waals surface area (Å²) >= 11 is 5.39. The van der Waals surface area contributed by atoms with Gasteiger partial charge in [-0.15, -0.1) is 0 Å². The van der Waals surface area contributed by atoms with Crippen molar-refractivity contribution in [2.75, 3.05) is 7.11 Å². The molecule has 0 atom stereocenters. The van der Waals surface area contributed by atoms with E-state index in [4.69, 9.17) is 17.0 Å². The Labute approximate surface area is 122 Å². The molecule has 0 radical (unpaired) electrons. The van der Waals surface area contributed by atoms with Crippen molar-refractivity contribution in [1.82, 2.24) is 14.5 Å². The van der Waals surface area contributed by atoms with Crippen molar-refractivity contribution in [3.8, 4) is 5.75 Å². The second-order valence-electron chi connectivity index (χ2n) is 4.75. The second-order valence-corrected chi connectivity index (χ2v) is 5.13. The molecule has 102 valence electrons. The van der Waals surface area contributed by atoms with Gasteiger partial charge < -0.3 is 9.72 Å². The molecule has 0 fully saturated rings. The molecule has 0 amide bonds. The minimum absolute atomic E-state index is 0.689. The van der Waals surface area contributed by atoms with Gasteiger partial charge in [0.2, 0.25) is 0 Å². The van der Waals surface area contributed by atoms with E-state index in [0.29, 0.717) is 11.3 Å². The summed E-state index contributed by atoms with van der Waals surface area (Å²) in [6.07, 6.45) is 1.86. The van der Waals surface area contributed by atoms with Gasteiger partial charge in [-0.2, -0.15) is 0 Å². The van der Waals surface area contributed by atoms with Crippen molar-refractivity contribution in [2.24, 2.45) is 0 Å². The van der Waals surface area contributed by atoms with Crippen LogP contribution in [0.2, 0.25) is 0 Å². The van der Waals surface area contributed by atoms with Crippen LogP contribution in [0.25, 0.3) is 11.2 Å². The highest BCUT2D eigenvalue weighted by molar-refractivity contribution is 7.71. The maximum atomic E-state index is 5.39. The normalized spacial score (nSPS) is 10.9. The van der Waals surface area contributed by atoms with Gasteiger partial charge in [0.15, 0.2) is 10.4 Å². The number of hydrogen-bond acceptors (Lipinski definition) is 3. The largest absolute Gasteiger partial charge is 0.497 e. The Morgan fingerprint density at radius 3 is 2.75 bits per heavy atom. The van der Waals surface area contributed by atoms with E-state index in [1.807, 2.05) is 42.0 Å². The number of H-pyrrole nitrogens is 1. The third-order valence-electron chi connectivity index (χ3n) is 3.25. The Morgan fingerprint density at radius 1 is 1.30 bits per heavy atom. The lowest BCUT2D eigenvalue weighted by Crippen LogP contribution is -2.00. The van der Waals surface area contributed by atoms with Crippen LogP contribution >= 0.6 is 12.2 Å². The third-order valence-corrected chi connectivity index (χ3v) is 3.57. The molecule has 0 aliphatic carbocycles. The van der Waals surface area contributed by atoms with Gasteiger partial charge in [-0.05, 0) is 48.5 Å². The first kappa shape index (κ1) is 12.9. The standard InChI is InChI=1S/C15H15N3OS/c1-10-7-13-14(16-8-10)18(15(20)17-13)9-11-3-5-12(19-2)6-4-11/h3-8H,9H2,1-2H3,(H,17,20). The Kier molecular flexibility index (Phi) is 3.28. The van der Waals surface area contributed by atoms with Gasteiger partial charge in [-0.1, -0.05) is 12.1 Å². The van der Waals surface area contributed by atoms with Crippen molar-refractivity contribution in [3.05, 3.63) is 52.4 Å².